The smallest absolute Gasteiger partial charge is 0.0701 e. The van der Waals surface area contributed by atoms with Crippen LogP contribution in [0.5, 0.6) is 0 Å². The minimum atomic E-state index is 0.0413. The largest absolute Gasteiger partial charge is 0.394 e. The maximum Gasteiger partial charge on any atom is 0.0701 e. The van der Waals surface area contributed by atoms with Crippen LogP contribution in [0.1, 0.15) is 0 Å². The van der Waals surface area contributed by atoms with Crippen LogP contribution in [0.25, 0.3) is 0 Å². The molecule has 0 aliphatic carbocycles. The minimum absolute atomic E-state index is 0.0413. The molecule has 7 nitrogen and oxygen atoms in total. The molecule has 1 rings (SSSR count). The highest BCUT2D eigenvalue weighted by atomic mass is 16.6. The van der Waals surface area contributed by atoms with Gasteiger partial charge in [-0.05, 0) is 0 Å². The van der Waals surface area contributed by atoms with Crippen LogP contribution in [0.2, 0.25) is 0 Å². The predicted octanol–water partition coefficient (Wildman–Crippen LogP) is -0.946. The van der Waals surface area contributed by atoms with E-state index >= 15 is 0 Å². The van der Waals surface area contributed by atoms with Gasteiger partial charge in [0.05, 0.1) is 79.3 Å². The number of hydrogen-bond acceptors (Lipinski definition) is 7. The van der Waals surface area contributed by atoms with Crippen molar-refractivity contribution in [1.82, 2.24) is 0 Å². The number of aliphatic hydroxyl groups is 2. The Kier molecular flexibility index (Phi) is 17.5. The molecule has 0 aromatic rings. The second-order valence-electron chi connectivity index (χ2n) is 3.51. The van der Waals surface area contributed by atoms with Gasteiger partial charge in [-0.15, -0.1) is 0 Å². The first-order chi connectivity index (χ1) is 9.41. The van der Waals surface area contributed by atoms with Crippen LogP contribution in [-0.4, -0.2) is 89.5 Å². The van der Waals surface area contributed by atoms with Crippen LogP contribution < -0.4 is 0 Å². The molecule has 1 aliphatic rings. The van der Waals surface area contributed by atoms with E-state index in [1.807, 2.05) is 0 Å². The van der Waals surface area contributed by atoms with Crippen LogP contribution in [-0.2, 0) is 23.7 Å². The third kappa shape index (κ3) is 17.7. The lowest BCUT2D eigenvalue weighted by Crippen LogP contribution is -2.16. The average molecular weight is 282 g/mol. The summed E-state index contributed by atoms with van der Waals surface area (Å²) in [6.07, 6.45) is 0. The fraction of sp³-hybridized carbons (Fsp3) is 1.00. The Morgan fingerprint density at radius 1 is 0.579 bits per heavy atom. The predicted molar refractivity (Wildman–Crippen MR) is 68.3 cm³/mol. The third-order valence-corrected chi connectivity index (χ3v) is 1.96. The van der Waals surface area contributed by atoms with Crippen molar-refractivity contribution in [1.29, 1.82) is 0 Å². The summed E-state index contributed by atoms with van der Waals surface area (Å²) in [5, 5.41) is 16.7. The van der Waals surface area contributed by atoms with Gasteiger partial charge in [0, 0.05) is 0 Å². The topological polar surface area (TPSA) is 86.6 Å². The van der Waals surface area contributed by atoms with E-state index in [4.69, 9.17) is 33.9 Å². The van der Waals surface area contributed by atoms with Gasteiger partial charge in [-0.1, -0.05) is 0 Å². The van der Waals surface area contributed by atoms with Crippen LogP contribution in [0.3, 0.4) is 0 Å². The SMILES string of the molecule is C1COCCO1.OCCOCCOCCOCCO. The molecule has 116 valence electrons. The lowest BCUT2D eigenvalue weighted by Gasteiger charge is -2.09. The van der Waals surface area contributed by atoms with Gasteiger partial charge in [-0.2, -0.15) is 0 Å². The molecule has 0 aromatic carbocycles. The summed E-state index contributed by atoms with van der Waals surface area (Å²) in [4.78, 5) is 0. The average Bonchev–Trinajstić information content (AvgIpc) is 2.48. The second-order valence-corrected chi connectivity index (χ2v) is 3.51. The zero-order chi connectivity index (χ0) is 14.0. The molecule has 1 saturated heterocycles. The summed E-state index contributed by atoms with van der Waals surface area (Å²) < 4.78 is 24.9. The van der Waals surface area contributed by atoms with E-state index < -0.39 is 0 Å². The molecule has 0 bridgehead atoms. The molecule has 1 heterocycles. The standard InChI is InChI=1S/C8H18O5.C4H8O2/c9-1-3-11-5-7-13-8-6-12-4-2-10;1-2-6-4-3-5-1/h9-10H,1-8H2;1-4H2. The van der Waals surface area contributed by atoms with Crippen LogP contribution in [0.4, 0.5) is 0 Å². The Morgan fingerprint density at radius 3 is 1.16 bits per heavy atom. The molecule has 0 unspecified atom stereocenters. The zero-order valence-corrected chi connectivity index (χ0v) is 11.4. The van der Waals surface area contributed by atoms with E-state index in [0.717, 1.165) is 26.4 Å². The first kappa shape index (κ1) is 18.7. The molecule has 1 fully saturated rings. The van der Waals surface area contributed by atoms with Crippen LogP contribution in [0, 0.1) is 0 Å². The summed E-state index contributed by atoms with van der Waals surface area (Å²) in [5.74, 6) is 0. The van der Waals surface area contributed by atoms with Gasteiger partial charge in [0.1, 0.15) is 0 Å². The highest BCUT2D eigenvalue weighted by Crippen LogP contribution is 1.85. The van der Waals surface area contributed by atoms with Gasteiger partial charge in [-0.25, -0.2) is 0 Å². The summed E-state index contributed by atoms with van der Waals surface area (Å²) in [5.41, 5.74) is 0. The molecule has 0 amide bonds. The van der Waals surface area contributed by atoms with Crippen molar-refractivity contribution in [3.63, 3.8) is 0 Å². The van der Waals surface area contributed by atoms with Crippen molar-refractivity contribution in [2.45, 2.75) is 0 Å². The van der Waals surface area contributed by atoms with Gasteiger partial charge in [0.15, 0.2) is 0 Å². The number of rotatable bonds is 10. The fourth-order valence-electron chi connectivity index (χ4n) is 1.11. The van der Waals surface area contributed by atoms with E-state index in [0.29, 0.717) is 39.6 Å². The lowest BCUT2D eigenvalue weighted by molar-refractivity contribution is -0.0334. The Hall–Kier alpha value is -0.280. The van der Waals surface area contributed by atoms with Crippen molar-refractivity contribution < 1.29 is 33.9 Å². The molecule has 7 heteroatoms. The Bertz CT molecular complexity index is 132. The molecular formula is C12H26O7. The summed E-state index contributed by atoms with van der Waals surface area (Å²) in [6, 6.07) is 0. The van der Waals surface area contributed by atoms with Crippen LogP contribution >= 0.6 is 0 Å². The Morgan fingerprint density at radius 2 is 0.895 bits per heavy atom. The molecule has 2 N–H and O–H groups in total. The molecule has 0 saturated carbocycles. The maximum absolute atomic E-state index is 8.36. The molecule has 1 aliphatic heterocycles. The molecule has 0 aromatic heterocycles. The monoisotopic (exact) mass is 282 g/mol. The molecular weight excluding hydrogens is 256 g/mol. The number of aliphatic hydroxyl groups excluding tert-OH is 2. The van der Waals surface area contributed by atoms with Crippen molar-refractivity contribution in [2.75, 3.05) is 79.3 Å². The van der Waals surface area contributed by atoms with Crippen LogP contribution in [0.15, 0.2) is 0 Å². The Balaban J connectivity index is 0.000000443. The van der Waals surface area contributed by atoms with E-state index in [1.54, 1.807) is 0 Å². The summed E-state index contributed by atoms with van der Waals surface area (Å²) >= 11 is 0. The first-order valence-corrected chi connectivity index (χ1v) is 6.52. The van der Waals surface area contributed by atoms with Gasteiger partial charge in [0.2, 0.25) is 0 Å². The highest BCUT2D eigenvalue weighted by molar-refractivity contribution is 4.37. The summed E-state index contributed by atoms with van der Waals surface area (Å²) in [7, 11) is 0. The van der Waals surface area contributed by atoms with E-state index in [2.05, 4.69) is 0 Å². The van der Waals surface area contributed by atoms with Crippen molar-refractivity contribution in [2.24, 2.45) is 0 Å². The van der Waals surface area contributed by atoms with E-state index in [1.165, 1.54) is 0 Å². The third-order valence-electron chi connectivity index (χ3n) is 1.96. The van der Waals surface area contributed by atoms with E-state index in [9.17, 15) is 0 Å². The normalized spacial score (nSPS) is 14.8. The Labute approximate surface area is 114 Å². The van der Waals surface area contributed by atoms with Gasteiger partial charge in [0.25, 0.3) is 0 Å². The molecule has 0 atom stereocenters. The molecule has 19 heavy (non-hydrogen) atoms. The zero-order valence-electron chi connectivity index (χ0n) is 11.4. The number of ether oxygens (including phenoxy) is 5. The number of hydrogen-bond donors (Lipinski definition) is 2. The van der Waals surface area contributed by atoms with Gasteiger partial charge >= 0.3 is 0 Å². The van der Waals surface area contributed by atoms with E-state index in [-0.39, 0.29) is 13.2 Å². The molecule has 0 spiro atoms. The van der Waals surface area contributed by atoms with Gasteiger partial charge < -0.3 is 33.9 Å². The fourth-order valence-corrected chi connectivity index (χ4v) is 1.11. The minimum Gasteiger partial charge on any atom is -0.394 e. The quantitative estimate of drug-likeness (QED) is 0.500. The highest BCUT2D eigenvalue weighted by Gasteiger charge is 1.94. The van der Waals surface area contributed by atoms with Crippen molar-refractivity contribution >= 4 is 0 Å². The first-order valence-electron chi connectivity index (χ1n) is 6.52. The maximum atomic E-state index is 8.36. The second kappa shape index (κ2) is 17.7. The lowest BCUT2D eigenvalue weighted by atomic mass is 10.6. The van der Waals surface area contributed by atoms with Crippen molar-refractivity contribution in [3.05, 3.63) is 0 Å². The molecule has 0 radical (unpaired) electrons. The van der Waals surface area contributed by atoms with Gasteiger partial charge in [-0.3, -0.25) is 0 Å². The summed E-state index contributed by atoms with van der Waals surface area (Å²) in [6.45, 7) is 5.88. The van der Waals surface area contributed by atoms with Crippen molar-refractivity contribution in [3.8, 4) is 0 Å².